The van der Waals surface area contributed by atoms with Crippen LogP contribution >= 0.6 is 0 Å². The number of methoxy groups -OCH3 is 3. The van der Waals surface area contributed by atoms with Crippen LogP contribution in [0.25, 0.3) is 27.7 Å². The number of pyridine rings is 1. The second-order valence-electron chi connectivity index (χ2n) is 7.14. The molecule has 0 amide bonds. The summed E-state index contributed by atoms with van der Waals surface area (Å²) in [5.41, 5.74) is 1.49. The van der Waals surface area contributed by atoms with Gasteiger partial charge in [-0.1, -0.05) is 35.0 Å². The lowest BCUT2D eigenvalue weighted by atomic mass is 10.0. The minimum Gasteiger partial charge on any atom is -0.497 e. The Bertz CT molecular complexity index is 1440. The SMILES string of the molecule is COC(=O)c1nnn(-c2c(-c3ccc(C)cc3)[nH]c(=O)c3cc(OC)ccc23)c1C(=O)OC. The number of nitrogens with one attached hydrogen (secondary N) is 1. The summed E-state index contributed by atoms with van der Waals surface area (Å²) in [4.78, 5) is 40.8. The predicted molar refractivity (Wildman–Crippen MR) is 119 cm³/mol. The van der Waals surface area contributed by atoms with Crippen LogP contribution in [0.1, 0.15) is 26.5 Å². The molecule has 0 fully saturated rings. The van der Waals surface area contributed by atoms with Gasteiger partial charge in [0.2, 0.25) is 5.69 Å². The number of aromatic amines is 1. The van der Waals surface area contributed by atoms with Crippen LogP contribution in [-0.4, -0.2) is 53.2 Å². The Hall–Kier alpha value is -4.47. The monoisotopic (exact) mass is 448 g/mol. The van der Waals surface area contributed by atoms with Crippen LogP contribution in [0.4, 0.5) is 0 Å². The Labute approximate surface area is 187 Å². The summed E-state index contributed by atoms with van der Waals surface area (Å²) in [6.45, 7) is 1.94. The lowest BCUT2D eigenvalue weighted by Gasteiger charge is -2.15. The van der Waals surface area contributed by atoms with E-state index in [1.807, 2.05) is 31.2 Å². The number of ether oxygens (including phenoxy) is 3. The van der Waals surface area contributed by atoms with Crippen molar-refractivity contribution >= 4 is 22.7 Å². The van der Waals surface area contributed by atoms with E-state index in [0.29, 0.717) is 33.5 Å². The van der Waals surface area contributed by atoms with E-state index >= 15 is 0 Å². The number of carbonyl (C=O) groups is 2. The van der Waals surface area contributed by atoms with Crippen LogP contribution < -0.4 is 10.3 Å². The van der Waals surface area contributed by atoms with Gasteiger partial charge in [-0.15, -0.1) is 5.10 Å². The summed E-state index contributed by atoms with van der Waals surface area (Å²) in [5, 5.41) is 8.68. The second-order valence-corrected chi connectivity index (χ2v) is 7.14. The molecule has 2 heterocycles. The van der Waals surface area contributed by atoms with E-state index in [1.165, 1.54) is 26.0 Å². The molecule has 0 spiro atoms. The number of H-pyrrole nitrogens is 1. The van der Waals surface area contributed by atoms with Crippen molar-refractivity contribution in [3.05, 3.63) is 69.8 Å². The van der Waals surface area contributed by atoms with Crippen molar-refractivity contribution in [2.45, 2.75) is 6.92 Å². The fourth-order valence-corrected chi connectivity index (χ4v) is 3.52. The highest BCUT2D eigenvalue weighted by molar-refractivity contribution is 6.03. The fourth-order valence-electron chi connectivity index (χ4n) is 3.52. The number of rotatable bonds is 5. The number of fused-ring (bicyclic) bond motifs is 1. The third kappa shape index (κ3) is 3.71. The third-order valence-corrected chi connectivity index (χ3v) is 5.18. The molecule has 4 aromatic rings. The number of esters is 2. The molecule has 0 atom stereocenters. The molecule has 4 rings (SSSR count). The van der Waals surface area contributed by atoms with Gasteiger partial charge in [0.25, 0.3) is 5.56 Å². The standard InChI is InChI=1S/C23H20N4O6/c1-12-5-7-13(8-6-12)17-19(15-10-9-14(31-2)11-16(15)21(28)24-17)27-20(23(30)33-4)18(25-26-27)22(29)32-3/h5-11H,1-4H3,(H,24,28). The molecular weight excluding hydrogens is 428 g/mol. The summed E-state index contributed by atoms with van der Waals surface area (Å²) >= 11 is 0. The molecule has 0 radical (unpaired) electrons. The zero-order valence-electron chi connectivity index (χ0n) is 18.3. The zero-order chi connectivity index (χ0) is 23.7. The first-order chi connectivity index (χ1) is 15.9. The topological polar surface area (TPSA) is 125 Å². The average molecular weight is 448 g/mol. The summed E-state index contributed by atoms with van der Waals surface area (Å²) < 4.78 is 16.1. The number of carbonyl (C=O) groups excluding carboxylic acids is 2. The third-order valence-electron chi connectivity index (χ3n) is 5.18. The highest BCUT2D eigenvalue weighted by Gasteiger charge is 2.30. The quantitative estimate of drug-likeness (QED) is 0.462. The first kappa shape index (κ1) is 21.8. The van der Waals surface area contributed by atoms with Crippen molar-refractivity contribution in [1.29, 1.82) is 0 Å². The Morgan fingerprint density at radius 3 is 2.27 bits per heavy atom. The molecule has 2 aromatic carbocycles. The molecule has 168 valence electrons. The first-order valence-electron chi connectivity index (χ1n) is 9.83. The maximum Gasteiger partial charge on any atom is 0.361 e. The van der Waals surface area contributed by atoms with Gasteiger partial charge in [0.1, 0.15) is 5.75 Å². The van der Waals surface area contributed by atoms with Crippen LogP contribution in [0.3, 0.4) is 0 Å². The van der Waals surface area contributed by atoms with E-state index < -0.39 is 11.9 Å². The minimum atomic E-state index is -0.853. The molecule has 10 nitrogen and oxygen atoms in total. The van der Waals surface area contributed by atoms with Crippen LogP contribution in [-0.2, 0) is 9.47 Å². The van der Waals surface area contributed by atoms with Crippen molar-refractivity contribution in [1.82, 2.24) is 20.0 Å². The average Bonchev–Trinajstić information content (AvgIpc) is 3.28. The normalized spacial score (nSPS) is 10.8. The van der Waals surface area contributed by atoms with Gasteiger partial charge in [0.15, 0.2) is 5.69 Å². The molecule has 10 heteroatoms. The van der Waals surface area contributed by atoms with Crippen molar-refractivity contribution in [2.24, 2.45) is 0 Å². The van der Waals surface area contributed by atoms with Crippen LogP contribution in [0.2, 0.25) is 0 Å². The van der Waals surface area contributed by atoms with E-state index in [4.69, 9.17) is 14.2 Å². The molecule has 2 aromatic heterocycles. The number of hydrogen-bond donors (Lipinski definition) is 1. The maximum atomic E-state index is 13.0. The van der Waals surface area contributed by atoms with Gasteiger partial charge in [-0.05, 0) is 25.1 Å². The molecule has 33 heavy (non-hydrogen) atoms. The van der Waals surface area contributed by atoms with Crippen molar-refractivity contribution < 1.29 is 23.8 Å². The second kappa shape index (κ2) is 8.58. The van der Waals surface area contributed by atoms with Gasteiger partial charge in [-0.2, -0.15) is 0 Å². The van der Waals surface area contributed by atoms with E-state index in [0.717, 1.165) is 5.56 Å². The molecule has 1 N–H and O–H groups in total. The minimum absolute atomic E-state index is 0.234. The number of nitrogens with zero attached hydrogens (tertiary/aromatic N) is 3. The van der Waals surface area contributed by atoms with Crippen molar-refractivity contribution in [3.63, 3.8) is 0 Å². The molecule has 0 aliphatic rings. The summed E-state index contributed by atoms with van der Waals surface area (Å²) in [6, 6.07) is 12.4. The van der Waals surface area contributed by atoms with Gasteiger partial charge in [0, 0.05) is 10.9 Å². The molecule has 0 aliphatic heterocycles. The largest absolute Gasteiger partial charge is 0.497 e. The van der Waals surface area contributed by atoms with E-state index in [9.17, 15) is 14.4 Å². The highest BCUT2D eigenvalue weighted by Crippen LogP contribution is 2.32. The Kier molecular flexibility index (Phi) is 5.65. The zero-order valence-corrected chi connectivity index (χ0v) is 18.3. The van der Waals surface area contributed by atoms with Crippen LogP contribution in [0, 0.1) is 6.92 Å². The molecule has 0 unspecified atom stereocenters. The Balaban J connectivity index is 2.15. The maximum absolute atomic E-state index is 13.0. The van der Waals surface area contributed by atoms with E-state index in [1.54, 1.807) is 18.2 Å². The van der Waals surface area contributed by atoms with E-state index in [2.05, 4.69) is 15.3 Å². The van der Waals surface area contributed by atoms with Crippen LogP contribution in [0.5, 0.6) is 5.75 Å². The Morgan fingerprint density at radius 1 is 0.939 bits per heavy atom. The molecular formula is C23H20N4O6. The lowest BCUT2D eigenvalue weighted by Crippen LogP contribution is -2.18. The van der Waals surface area contributed by atoms with E-state index in [-0.39, 0.29) is 16.9 Å². The summed E-state index contributed by atoms with van der Waals surface area (Å²) in [5.74, 6) is -1.22. The number of benzene rings is 2. The van der Waals surface area contributed by atoms with Gasteiger partial charge in [-0.25, -0.2) is 14.3 Å². The van der Waals surface area contributed by atoms with Crippen molar-refractivity contribution in [2.75, 3.05) is 21.3 Å². The smallest absolute Gasteiger partial charge is 0.361 e. The van der Waals surface area contributed by atoms with Gasteiger partial charge < -0.3 is 19.2 Å². The number of aryl methyl sites for hydroxylation is 1. The summed E-state index contributed by atoms with van der Waals surface area (Å²) in [6.07, 6.45) is 0. The number of hydrogen-bond acceptors (Lipinski definition) is 8. The first-order valence-corrected chi connectivity index (χ1v) is 9.83. The molecule has 0 saturated carbocycles. The van der Waals surface area contributed by atoms with Gasteiger partial charge in [-0.3, -0.25) is 4.79 Å². The fraction of sp³-hybridized carbons (Fsp3) is 0.174. The molecule has 0 saturated heterocycles. The number of aromatic nitrogens is 4. The summed E-state index contributed by atoms with van der Waals surface area (Å²) in [7, 11) is 3.84. The van der Waals surface area contributed by atoms with Gasteiger partial charge >= 0.3 is 11.9 Å². The van der Waals surface area contributed by atoms with Gasteiger partial charge in [0.05, 0.1) is 38.1 Å². The highest BCUT2D eigenvalue weighted by atomic mass is 16.5. The van der Waals surface area contributed by atoms with Crippen LogP contribution in [0.15, 0.2) is 47.3 Å². The van der Waals surface area contributed by atoms with Crippen molar-refractivity contribution in [3.8, 4) is 22.7 Å². The molecule has 0 aliphatic carbocycles. The molecule has 0 bridgehead atoms. The predicted octanol–water partition coefficient (Wildman–Crippen LogP) is 2.67. The Morgan fingerprint density at radius 2 is 1.64 bits per heavy atom. The lowest BCUT2D eigenvalue weighted by molar-refractivity contribution is 0.0546.